The standard InChI is InChI=1S/C16H21N3O2/c1-19(10-13-4-2-3-7-17-13)16(21)12-6-5-11-9-15(20)18-14(11)8-12/h5-6,8,13,17H,2-4,7,9-10H2,1H3,(H,18,20). The summed E-state index contributed by atoms with van der Waals surface area (Å²) in [6, 6.07) is 5.86. The second-order valence-corrected chi connectivity index (χ2v) is 5.93. The minimum absolute atomic E-state index is 0.00522. The van der Waals surface area contributed by atoms with Crippen LogP contribution >= 0.6 is 0 Å². The zero-order chi connectivity index (χ0) is 14.8. The van der Waals surface area contributed by atoms with Crippen LogP contribution in [0.4, 0.5) is 5.69 Å². The van der Waals surface area contributed by atoms with Crippen molar-refractivity contribution in [1.82, 2.24) is 10.2 Å². The van der Waals surface area contributed by atoms with Gasteiger partial charge in [0, 0.05) is 30.9 Å². The molecule has 0 radical (unpaired) electrons. The first-order valence-electron chi connectivity index (χ1n) is 7.55. The molecule has 5 nitrogen and oxygen atoms in total. The zero-order valence-corrected chi connectivity index (χ0v) is 12.3. The van der Waals surface area contributed by atoms with Gasteiger partial charge in [0.05, 0.1) is 6.42 Å². The molecular formula is C16H21N3O2. The van der Waals surface area contributed by atoms with E-state index < -0.39 is 0 Å². The van der Waals surface area contributed by atoms with E-state index in [1.54, 1.807) is 11.0 Å². The number of carbonyl (C=O) groups excluding carboxylic acids is 2. The van der Waals surface area contributed by atoms with Crippen LogP contribution in [0.5, 0.6) is 0 Å². The first-order chi connectivity index (χ1) is 10.1. The number of anilines is 1. The fraction of sp³-hybridized carbons (Fsp3) is 0.500. The quantitative estimate of drug-likeness (QED) is 0.883. The molecule has 0 saturated carbocycles. The van der Waals surface area contributed by atoms with Crippen molar-refractivity contribution in [3.05, 3.63) is 29.3 Å². The van der Waals surface area contributed by atoms with E-state index in [0.29, 0.717) is 18.0 Å². The van der Waals surface area contributed by atoms with Crippen LogP contribution in [0.3, 0.4) is 0 Å². The molecule has 2 aliphatic rings. The maximum absolute atomic E-state index is 12.5. The third-order valence-electron chi connectivity index (χ3n) is 4.24. The number of benzene rings is 1. The summed E-state index contributed by atoms with van der Waals surface area (Å²) in [4.78, 5) is 25.6. The normalized spacial score (nSPS) is 20.8. The van der Waals surface area contributed by atoms with E-state index in [4.69, 9.17) is 0 Å². The molecule has 112 valence electrons. The van der Waals surface area contributed by atoms with Gasteiger partial charge in [0.25, 0.3) is 5.91 Å². The highest BCUT2D eigenvalue weighted by Crippen LogP contribution is 2.24. The van der Waals surface area contributed by atoms with Crippen molar-refractivity contribution in [2.45, 2.75) is 31.7 Å². The number of likely N-dealkylation sites (N-methyl/N-ethyl adjacent to an activating group) is 1. The molecular weight excluding hydrogens is 266 g/mol. The topological polar surface area (TPSA) is 61.4 Å². The Morgan fingerprint density at radius 2 is 2.24 bits per heavy atom. The van der Waals surface area contributed by atoms with E-state index in [0.717, 1.165) is 30.8 Å². The molecule has 0 bridgehead atoms. The molecule has 1 aromatic rings. The number of carbonyl (C=O) groups is 2. The van der Waals surface area contributed by atoms with Gasteiger partial charge in [-0.25, -0.2) is 0 Å². The Labute approximate surface area is 124 Å². The van der Waals surface area contributed by atoms with Crippen molar-refractivity contribution in [2.24, 2.45) is 0 Å². The number of nitrogens with one attached hydrogen (secondary N) is 2. The number of nitrogens with zero attached hydrogens (tertiary/aromatic N) is 1. The lowest BCUT2D eigenvalue weighted by molar-refractivity contribution is -0.115. The first kappa shape index (κ1) is 14.1. The third kappa shape index (κ3) is 3.08. The van der Waals surface area contributed by atoms with Crippen molar-refractivity contribution >= 4 is 17.5 Å². The van der Waals surface area contributed by atoms with Crippen LogP contribution in [0.1, 0.15) is 35.2 Å². The lowest BCUT2D eigenvalue weighted by atomic mass is 10.0. The van der Waals surface area contributed by atoms with Crippen LogP contribution in [0.15, 0.2) is 18.2 Å². The molecule has 0 aromatic heterocycles. The van der Waals surface area contributed by atoms with Crippen LogP contribution in [0.25, 0.3) is 0 Å². The van der Waals surface area contributed by atoms with Gasteiger partial charge in [0.1, 0.15) is 0 Å². The van der Waals surface area contributed by atoms with E-state index >= 15 is 0 Å². The van der Waals surface area contributed by atoms with Gasteiger partial charge >= 0.3 is 0 Å². The Balaban J connectivity index is 1.67. The van der Waals surface area contributed by atoms with Gasteiger partial charge in [-0.3, -0.25) is 9.59 Å². The molecule has 0 aliphatic carbocycles. The number of piperidine rings is 1. The van der Waals surface area contributed by atoms with E-state index in [1.165, 1.54) is 12.8 Å². The number of amides is 2. The molecule has 1 atom stereocenters. The maximum Gasteiger partial charge on any atom is 0.253 e. The lowest BCUT2D eigenvalue weighted by Crippen LogP contribution is -2.44. The highest BCUT2D eigenvalue weighted by molar-refractivity contribution is 6.02. The van der Waals surface area contributed by atoms with Gasteiger partial charge in [-0.2, -0.15) is 0 Å². The van der Waals surface area contributed by atoms with Gasteiger partial charge < -0.3 is 15.5 Å². The minimum Gasteiger partial charge on any atom is -0.340 e. The smallest absolute Gasteiger partial charge is 0.253 e. The summed E-state index contributed by atoms with van der Waals surface area (Å²) in [6.45, 7) is 1.76. The highest BCUT2D eigenvalue weighted by atomic mass is 16.2. The molecule has 2 amide bonds. The van der Waals surface area contributed by atoms with Crippen molar-refractivity contribution in [3.8, 4) is 0 Å². The summed E-state index contributed by atoms with van der Waals surface area (Å²) in [5, 5.41) is 6.24. The van der Waals surface area contributed by atoms with E-state index in [-0.39, 0.29) is 11.8 Å². The van der Waals surface area contributed by atoms with E-state index in [9.17, 15) is 9.59 Å². The fourth-order valence-electron chi connectivity index (χ4n) is 3.06. The molecule has 2 heterocycles. The SMILES string of the molecule is CN(CC1CCCCN1)C(=O)c1ccc2c(c1)NC(=O)C2. The molecule has 1 fully saturated rings. The summed E-state index contributed by atoms with van der Waals surface area (Å²) >= 11 is 0. The van der Waals surface area contributed by atoms with E-state index in [2.05, 4.69) is 10.6 Å². The lowest BCUT2D eigenvalue weighted by Gasteiger charge is -2.28. The summed E-state index contributed by atoms with van der Waals surface area (Å²) in [7, 11) is 1.84. The average Bonchev–Trinajstić information content (AvgIpc) is 2.86. The molecule has 1 saturated heterocycles. The number of hydrogen-bond acceptors (Lipinski definition) is 3. The largest absolute Gasteiger partial charge is 0.340 e. The van der Waals surface area contributed by atoms with E-state index in [1.807, 2.05) is 19.2 Å². The predicted octanol–water partition coefficient (Wildman–Crippen LogP) is 1.40. The van der Waals surface area contributed by atoms with Crippen molar-refractivity contribution in [2.75, 3.05) is 25.5 Å². The van der Waals surface area contributed by atoms with Crippen molar-refractivity contribution in [3.63, 3.8) is 0 Å². The molecule has 3 rings (SSSR count). The molecule has 2 aliphatic heterocycles. The molecule has 1 unspecified atom stereocenters. The van der Waals surface area contributed by atoms with Gasteiger partial charge in [0.2, 0.25) is 5.91 Å². The third-order valence-corrected chi connectivity index (χ3v) is 4.24. The van der Waals surface area contributed by atoms with Crippen LogP contribution in [-0.2, 0) is 11.2 Å². The second kappa shape index (κ2) is 5.85. The van der Waals surface area contributed by atoms with Crippen molar-refractivity contribution in [1.29, 1.82) is 0 Å². The fourth-order valence-corrected chi connectivity index (χ4v) is 3.06. The summed E-state index contributed by atoms with van der Waals surface area (Å²) in [5.74, 6) is 0.000631. The number of fused-ring (bicyclic) bond motifs is 1. The Morgan fingerprint density at radius 1 is 1.38 bits per heavy atom. The van der Waals surface area contributed by atoms with Crippen molar-refractivity contribution < 1.29 is 9.59 Å². The first-order valence-corrected chi connectivity index (χ1v) is 7.55. The molecule has 1 aromatic carbocycles. The molecule has 21 heavy (non-hydrogen) atoms. The second-order valence-electron chi connectivity index (χ2n) is 5.93. The zero-order valence-electron chi connectivity index (χ0n) is 12.3. The molecule has 5 heteroatoms. The van der Waals surface area contributed by atoms with Crippen LogP contribution in [0.2, 0.25) is 0 Å². The summed E-state index contributed by atoms with van der Waals surface area (Å²) < 4.78 is 0. The molecule has 2 N–H and O–H groups in total. The van der Waals surface area contributed by atoms with Gasteiger partial charge in [-0.15, -0.1) is 0 Å². The number of hydrogen-bond donors (Lipinski definition) is 2. The van der Waals surface area contributed by atoms with Crippen LogP contribution in [-0.4, -0.2) is 42.9 Å². The Bertz CT molecular complexity index is 565. The van der Waals surface area contributed by atoms with Gasteiger partial charge in [0.15, 0.2) is 0 Å². The summed E-state index contributed by atoms with van der Waals surface area (Å²) in [6.07, 6.45) is 3.98. The Hall–Kier alpha value is -1.88. The van der Waals surface area contributed by atoms with Crippen LogP contribution < -0.4 is 10.6 Å². The number of rotatable bonds is 3. The van der Waals surface area contributed by atoms with Gasteiger partial charge in [-0.05, 0) is 37.1 Å². The van der Waals surface area contributed by atoms with Crippen LogP contribution in [0, 0.1) is 0 Å². The molecule has 0 spiro atoms. The minimum atomic E-state index is -0.00522. The highest BCUT2D eigenvalue weighted by Gasteiger charge is 2.22. The average molecular weight is 287 g/mol. The Morgan fingerprint density at radius 3 is 3.00 bits per heavy atom. The summed E-state index contributed by atoms with van der Waals surface area (Å²) in [5.41, 5.74) is 2.37. The Kier molecular flexibility index (Phi) is 3.92. The monoisotopic (exact) mass is 287 g/mol. The maximum atomic E-state index is 12.5. The van der Waals surface area contributed by atoms with Gasteiger partial charge in [-0.1, -0.05) is 12.5 Å². The predicted molar refractivity (Wildman–Crippen MR) is 81.4 cm³/mol.